The molecule has 0 aromatic heterocycles. The van der Waals surface area contributed by atoms with E-state index in [1.807, 2.05) is 12.1 Å². The normalized spacial score (nSPS) is 29.6. The smallest absolute Gasteiger partial charge is 0.258 e. The molecular formula is C16H20ClNO2. The molecule has 4 heteroatoms. The first-order valence-electron chi connectivity index (χ1n) is 7.49. The number of non-ortho nitro benzene ring substituents is 1. The van der Waals surface area contributed by atoms with Crippen LogP contribution in [0.25, 0.3) is 0 Å². The molecule has 1 aromatic rings. The summed E-state index contributed by atoms with van der Waals surface area (Å²) in [7, 11) is 0. The molecule has 0 amide bonds. The van der Waals surface area contributed by atoms with Gasteiger partial charge in [-0.1, -0.05) is 18.6 Å². The third kappa shape index (κ3) is 2.98. The Morgan fingerprint density at radius 2 is 2.00 bits per heavy atom. The van der Waals surface area contributed by atoms with Crippen molar-refractivity contribution < 1.29 is 4.92 Å². The Morgan fingerprint density at radius 3 is 2.55 bits per heavy atom. The molecule has 2 aliphatic rings. The maximum absolute atomic E-state index is 10.6. The highest BCUT2D eigenvalue weighted by atomic mass is 35.5. The molecule has 0 radical (unpaired) electrons. The summed E-state index contributed by atoms with van der Waals surface area (Å²) < 4.78 is 0. The predicted molar refractivity (Wildman–Crippen MR) is 80.0 cm³/mol. The quantitative estimate of drug-likeness (QED) is 0.453. The maximum Gasteiger partial charge on any atom is 0.269 e. The molecular weight excluding hydrogens is 274 g/mol. The number of nitro groups is 1. The Morgan fingerprint density at radius 1 is 1.25 bits per heavy atom. The monoisotopic (exact) mass is 293 g/mol. The summed E-state index contributed by atoms with van der Waals surface area (Å²) in [5.41, 5.74) is 1.24. The summed E-state index contributed by atoms with van der Waals surface area (Å²) in [5, 5.41) is 10.8. The molecule has 2 aliphatic carbocycles. The lowest BCUT2D eigenvalue weighted by molar-refractivity contribution is -0.384. The van der Waals surface area contributed by atoms with Crippen LogP contribution in [-0.2, 0) is 6.42 Å². The molecule has 0 N–H and O–H groups in total. The van der Waals surface area contributed by atoms with Crippen molar-refractivity contribution in [2.45, 2.75) is 43.9 Å². The lowest BCUT2D eigenvalue weighted by Crippen LogP contribution is -2.16. The Hall–Kier alpha value is -1.09. The first kappa shape index (κ1) is 13.9. The average molecular weight is 294 g/mol. The van der Waals surface area contributed by atoms with Gasteiger partial charge in [0.05, 0.1) is 4.92 Å². The number of nitrogens with zero attached hydrogens (tertiary/aromatic N) is 1. The molecule has 4 unspecified atom stereocenters. The standard InChI is InChI=1S/C16H20ClNO2/c17-15(10-14-8-12-1-4-13(14)7-12)9-11-2-5-16(6-3-11)18(19)20/h2-3,5-6,12-15H,1,4,7-10H2. The van der Waals surface area contributed by atoms with Gasteiger partial charge >= 0.3 is 0 Å². The van der Waals surface area contributed by atoms with Crippen LogP contribution < -0.4 is 0 Å². The number of hydrogen-bond acceptors (Lipinski definition) is 2. The van der Waals surface area contributed by atoms with E-state index in [4.69, 9.17) is 11.6 Å². The minimum Gasteiger partial charge on any atom is -0.258 e. The van der Waals surface area contributed by atoms with Gasteiger partial charge in [0.2, 0.25) is 0 Å². The molecule has 1 aromatic carbocycles. The van der Waals surface area contributed by atoms with E-state index in [2.05, 4.69) is 0 Å². The van der Waals surface area contributed by atoms with E-state index in [9.17, 15) is 10.1 Å². The number of alkyl halides is 1. The Balaban J connectivity index is 1.53. The first-order valence-corrected chi connectivity index (χ1v) is 7.93. The average Bonchev–Trinajstić information content (AvgIpc) is 3.01. The summed E-state index contributed by atoms with van der Waals surface area (Å²) >= 11 is 6.50. The third-order valence-electron chi connectivity index (χ3n) is 5.05. The van der Waals surface area contributed by atoms with Gasteiger partial charge < -0.3 is 0 Å². The summed E-state index contributed by atoms with van der Waals surface area (Å²) in [6.07, 6.45) is 7.53. The molecule has 0 heterocycles. The van der Waals surface area contributed by atoms with E-state index in [0.717, 1.165) is 36.2 Å². The molecule has 2 bridgehead atoms. The summed E-state index contributed by atoms with van der Waals surface area (Å²) in [5.74, 6) is 2.70. The van der Waals surface area contributed by atoms with Gasteiger partial charge in [0.25, 0.3) is 5.69 Å². The number of hydrogen-bond donors (Lipinski definition) is 0. The zero-order valence-corrected chi connectivity index (χ0v) is 12.3. The van der Waals surface area contributed by atoms with Gasteiger partial charge in [-0.3, -0.25) is 10.1 Å². The minimum absolute atomic E-state index is 0.146. The van der Waals surface area contributed by atoms with E-state index in [1.54, 1.807) is 12.1 Å². The van der Waals surface area contributed by atoms with Gasteiger partial charge in [0.15, 0.2) is 0 Å². The second kappa shape index (κ2) is 5.72. The molecule has 108 valence electrons. The number of halogens is 1. The van der Waals surface area contributed by atoms with Crippen molar-refractivity contribution in [2.75, 3.05) is 0 Å². The maximum atomic E-state index is 10.6. The number of benzene rings is 1. The van der Waals surface area contributed by atoms with Gasteiger partial charge in [0.1, 0.15) is 0 Å². The zero-order chi connectivity index (χ0) is 14.1. The molecule has 0 aliphatic heterocycles. The summed E-state index contributed by atoms with van der Waals surface area (Å²) in [6, 6.07) is 6.79. The van der Waals surface area contributed by atoms with Gasteiger partial charge in [-0.15, -0.1) is 11.6 Å². The van der Waals surface area contributed by atoms with Gasteiger partial charge in [-0.05, 0) is 55.4 Å². The highest BCUT2D eigenvalue weighted by Crippen LogP contribution is 2.50. The largest absolute Gasteiger partial charge is 0.269 e. The Labute approximate surface area is 124 Å². The van der Waals surface area contributed by atoms with E-state index in [-0.39, 0.29) is 16.0 Å². The van der Waals surface area contributed by atoms with Crippen LogP contribution in [0.5, 0.6) is 0 Å². The van der Waals surface area contributed by atoms with Gasteiger partial charge in [-0.25, -0.2) is 0 Å². The van der Waals surface area contributed by atoms with Gasteiger partial charge in [-0.2, -0.15) is 0 Å². The number of fused-ring (bicyclic) bond motifs is 2. The lowest BCUT2D eigenvalue weighted by atomic mass is 9.84. The van der Waals surface area contributed by atoms with Gasteiger partial charge in [0, 0.05) is 17.5 Å². The lowest BCUT2D eigenvalue weighted by Gasteiger charge is -2.23. The fourth-order valence-electron chi connectivity index (χ4n) is 4.09. The highest BCUT2D eigenvalue weighted by Gasteiger charge is 2.39. The molecule has 3 nitrogen and oxygen atoms in total. The molecule has 0 spiro atoms. The van der Waals surface area contributed by atoms with Crippen molar-refractivity contribution in [2.24, 2.45) is 17.8 Å². The first-order chi connectivity index (χ1) is 9.61. The summed E-state index contributed by atoms with van der Waals surface area (Å²) in [6.45, 7) is 0. The van der Waals surface area contributed by atoms with Crippen LogP contribution in [0, 0.1) is 27.9 Å². The van der Waals surface area contributed by atoms with E-state index in [0.29, 0.717) is 0 Å². The zero-order valence-electron chi connectivity index (χ0n) is 11.5. The molecule has 4 atom stereocenters. The Kier molecular flexibility index (Phi) is 3.97. The van der Waals surface area contributed by atoms with E-state index in [1.165, 1.54) is 25.7 Å². The van der Waals surface area contributed by atoms with Crippen molar-refractivity contribution in [1.29, 1.82) is 0 Å². The molecule has 2 fully saturated rings. The van der Waals surface area contributed by atoms with E-state index >= 15 is 0 Å². The molecule has 2 saturated carbocycles. The topological polar surface area (TPSA) is 43.1 Å². The van der Waals surface area contributed by atoms with Crippen LogP contribution >= 0.6 is 11.6 Å². The van der Waals surface area contributed by atoms with Crippen LogP contribution in [0.3, 0.4) is 0 Å². The van der Waals surface area contributed by atoms with Crippen LogP contribution in [0.1, 0.15) is 37.7 Å². The molecule has 20 heavy (non-hydrogen) atoms. The molecule has 3 rings (SSSR count). The fourth-order valence-corrected chi connectivity index (χ4v) is 4.49. The SMILES string of the molecule is O=[N+]([O-])c1ccc(CC(Cl)CC2CC3CCC2C3)cc1. The van der Waals surface area contributed by atoms with Crippen LogP contribution in [-0.4, -0.2) is 10.3 Å². The van der Waals surface area contributed by atoms with Crippen molar-refractivity contribution in [3.63, 3.8) is 0 Å². The summed E-state index contributed by atoms with van der Waals surface area (Å²) in [4.78, 5) is 10.3. The number of rotatable bonds is 5. The van der Waals surface area contributed by atoms with Crippen LogP contribution in [0.15, 0.2) is 24.3 Å². The Bertz CT molecular complexity index is 488. The van der Waals surface area contributed by atoms with Crippen LogP contribution in [0.4, 0.5) is 5.69 Å². The van der Waals surface area contributed by atoms with E-state index < -0.39 is 0 Å². The fraction of sp³-hybridized carbons (Fsp3) is 0.625. The third-order valence-corrected chi connectivity index (χ3v) is 5.38. The van der Waals surface area contributed by atoms with Crippen molar-refractivity contribution in [3.8, 4) is 0 Å². The van der Waals surface area contributed by atoms with Crippen molar-refractivity contribution in [1.82, 2.24) is 0 Å². The predicted octanol–water partition coefficient (Wildman–Crippen LogP) is 4.57. The second-order valence-corrected chi connectivity index (χ2v) is 7.01. The number of nitro benzene ring substituents is 1. The molecule has 0 saturated heterocycles. The highest BCUT2D eigenvalue weighted by molar-refractivity contribution is 6.20. The van der Waals surface area contributed by atoms with Crippen molar-refractivity contribution in [3.05, 3.63) is 39.9 Å². The minimum atomic E-state index is -0.364. The van der Waals surface area contributed by atoms with Crippen LogP contribution in [0.2, 0.25) is 0 Å². The second-order valence-electron chi connectivity index (χ2n) is 6.40. The van der Waals surface area contributed by atoms with Crippen molar-refractivity contribution >= 4 is 17.3 Å².